The van der Waals surface area contributed by atoms with Gasteiger partial charge in [-0.05, 0) is 48.7 Å². The second-order valence-electron chi connectivity index (χ2n) is 7.58. The Morgan fingerprint density at radius 2 is 1.77 bits per heavy atom. The van der Waals surface area contributed by atoms with Crippen molar-refractivity contribution in [3.63, 3.8) is 0 Å². The lowest BCUT2D eigenvalue weighted by Crippen LogP contribution is -2.37. The van der Waals surface area contributed by atoms with Gasteiger partial charge in [0, 0.05) is 11.6 Å². The quantitative estimate of drug-likeness (QED) is 0.428. The Morgan fingerprint density at radius 1 is 1.10 bits per heavy atom. The molecule has 2 aromatic rings. The molecule has 156 valence electrons. The van der Waals surface area contributed by atoms with E-state index in [4.69, 9.17) is 16.3 Å². The molecule has 1 unspecified atom stereocenters. The highest BCUT2D eigenvalue weighted by Crippen LogP contribution is 2.44. The number of halogens is 1. The van der Waals surface area contributed by atoms with Gasteiger partial charge in [0.15, 0.2) is 0 Å². The molecule has 0 spiro atoms. The normalized spacial score (nSPS) is 21.4. The zero-order valence-electron chi connectivity index (χ0n) is 16.5. The Kier molecular flexibility index (Phi) is 5.43. The molecule has 6 nitrogen and oxygen atoms in total. The van der Waals surface area contributed by atoms with Crippen molar-refractivity contribution in [3.05, 3.63) is 64.2 Å². The lowest BCUT2D eigenvalue weighted by Gasteiger charge is -2.30. The van der Waals surface area contributed by atoms with Crippen LogP contribution < -0.4 is 4.74 Å². The molecular weight excluding hydrogens is 406 g/mol. The summed E-state index contributed by atoms with van der Waals surface area (Å²) in [5.41, 5.74) is 0.858. The number of nitrogens with zero attached hydrogens (tertiary/aromatic N) is 1. The van der Waals surface area contributed by atoms with Gasteiger partial charge >= 0.3 is 0 Å². The van der Waals surface area contributed by atoms with E-state index in [0.717, 1.165) is 25.7 Å². The number of aliphatic hydroxyl groups excluding tert-OH is 1. The molecular formula is C23H22ClNO5. The van der Waals surface area contributed by atoms with Crippen molar-refractivity contribution in [1.82, 2.24) is 4.90 Å². The first-order valence-electron chi connectivity index (χ1n) is 9.85. The highest BCUT2D eigenvalue weighted by atomic mass is 35.5. The summed E-state index contributed by atoms with van der Waals surface area (Å²) < 4.78 is 5.22. The summed E-state index contributed by atoms with van der Waals surface area (Å²) in [7, 11) is 1.49. The van der Waals surface area contributed by atoms with Crippen molar-refractivity contribution >= 4 is 29.1 Å². The Balaban J connectivity index is 1.91. The second kappa shape index (κ2) is 8.03. The van der Waals surface area contributed by atoms with Crippen LogP contribution in [0, 0.1) is 0 Å². The van der Waals surface area contributed by atoms with Crippen molar-refractivity contribution in [2.45, 2.75) is 37.8 Å². The SMILES string of the molecule is COc1ccc(Cl)c(/C(O)=C2\C(=O)C(=O)N(C3CCCC3)C2c2ccc(O)cc2)c1. The average molecular weight is 428 g/mol. The number of aromatic hydroxyl groups is 1. The molecule has 1 aliphatic carbocycles. The zero-order valence-corrected chi connectivity index (χ0v) is 17.2. The van der Waals surface area contributed by atoms with Crippen LogP contribution in [0.2, 0.25) is 5.02 Å². The fraction of sp³-hybridized carbons (Fsp3) is 0.304. The molecule has 1 atom stereocenters. The number of ether oxygens (including phenoxy) is 1. The number of methoxy groups -OCH3 is 1. The van der Waals surface area contributed by atoms with E-state index in [2.05, 4.69) is 0 Å². The molecule has 2 aliphatic rings. The number of hydrogen-bond donors (Lipinski definition) is 2. The Hall–Kier alpha value is -2.99. The van der Waals surface area contributed by atoms with Gasteiger partial charge in [0.1, 0.15) is 17.3 Å². The van der Waals surface area contributed by atoms with E-state index in [9.17, 15) is 19.8 Å². The third-order valence-corrected chi connectivity index (χ3v) is 6.17. The highest BCUT2D eigenvalue weighted by molar-refractivity contribution is 6.47. The van der Waals surface area contributed by atoms with E-state index in [0.29, 0.717) is 11.3 Å². The van der Waals surface area contributed by atoms with Crippen molar-refractivity contribution in [3.8, 4) is 11.5 Å². The van der Waals surface area contributed by atoms with E-state index >= 15 is 0 Å². The molecule has 30 heavy (non-hydrogen) atoms. The largest absolute Gasteiger partial charge is 0.508 e. The number of benzene rings is 2. The fourth-order valence-corrected chi connectivity index (χ4v) is 4.56. The number of carbonyl (C=O) groups excluding carboxylic acids is 2. The lowest BCUT2D eigenvalue weighted by molar-refractivity contribution is -0.141. The highest BCUT2D eigenvalue weighted by Gasteiger charge is 2.49. The Morgan fingerprint density at radius 3 is 2.40 bits per heavy atom. The molecule has 1 aliphatic heterocycles. The molecule has 2 N–H and O–H groups in total. The number of carbonyl (C=O) groups is 2. The molecule has 1 amide bonds. The van der Waals surface area contributed by atoms with Crippen molar-refractivity contribution < 1.29 is 24.5 Å². The maximum atomic E-state index is 13.1. The van der Waals surface area contributed by atoms with Crippen LogP contribution in [0.3, 0.4) is 0 Å². The summed E-state index contributed by atoms with van der Waals surface area (Å²) in [4.78, 5) is 27.7. The first kappa shape index (κ1) is 20.3. The summed E-state index contributed by atoms with van der Waals surface area (Å²) in [5.74, 6) is -1.16. The van der Waals surface area contributed by atoms with Gasteiger partial charge in [-0.25, -0.2) is 0 Å². The lowest BCUT2D eigenvalue weighted by atomic mass is 9.94. The van der Waals surface area contributed by atoms with Crippen LogP contribution in [0.5, 0.6) is 11.5 Å². The number of amides is 1. The topological polar surface area (TPSA) is 87.1 Å². The predicted octanol–water partition coefficient (Wildman–Crippen LogP) is 4.42. The number of ketones is 1. The number of likely N-dealkylation sites (tertiary alicyclic amines) is 1. The zero-order chi connectivity index (χ0) is 21.4. The summed E-state index contributed by atoms with van der Waals surface area (Å²) in [6.45, 7) is 0. The minimum atomic E-state index is -0.754. The van der Waals surface area contributed by atoms with Crippen molar-refractivity contribution in [1.29, 1.82) is 0 Å². The van der Waals surface area contributed by atoms with E-state index in [1.807, 2.05) is 0 Å². The average Bonchev–Trinajstić information content (AvgIpc) is 3.36. The summed E-state index contributed by atoms with van der Waals surface area (Å²) in [6.07, 6.45) is 3.58. The van der Waals surface area contributed by atoms with Crippen LogP contribution in [-0.4, -0.2) is 40.0 Å². The molecule has 0 bridgehead atoms. The standard InChI is InChI=1S/C23H22ClNO5/c1-30-16-10-11-18(24)17(12-16)21(27)19-20(13-6-8-15(26)9-7-13)25(23(29)22(19)28)14-4-2-3-5-14/h6-12,14,20,26-27H,2-5H2,1H3/b21-19+. The van der Waals surface area contributed by atoms with Crippen LogP contribution in [0.15, 0.2) is 48.0 Å². The molecule has 1 saturated heterocycles. The summed E-state index contributed by atoms with van der Waals surface area (Å²) in [6, 6.07) is 10.2. The number of phenols is 1. The smallest absolute Gasteiger partial charge is 0.295 e. The molecule has 1 saturated carbocycles. The maximum absolute atomic E-state index is 13.1. The fourth-order valence-electron chi connectivity index (χ4n) is 4.35. The minimum Gasteiger partial charge on any atom is -0.508 e. The summed E-state index contributed by atoms with van der Waals surface area (Å²) in [5, 5.41) is 21.1. The van der Waals surface area contributed by atoms with Gasteiger partial charge in [-0.1, -0.05) is 36.6 Å². The molecule has 0 aromatic heterocycles. The minimum absolute atomic E-state index is 0.00672. The molecule has 2 fully saturated rings. The first-order valence-corrected chi connectivity index (χ1v) is 10.2. The van der Waals surface area contributed by atoms with Crippen LogP contribution in [0.1, 0.15) is 42.9 Å². The van der Waals surface area contributed by atoms with Gasteiger partial charge in [-0.3, -0.25) is 9.59 Å². The molecule has 4 rings (SSSR count). The van der Waals surface area contributed by atoms with E-state index < -0.39 is 17.7 Å². The van der Waals surface area contributed by atoms with Gasteiger partial charge in [0.25, 0.3) is 11.7 Å². The third kappa shape index (κ3) is 3.41. The Labute approximate surface area is 179 Å². The number of Topliss-reactive ketones (excluding diaryl/α,β-unsaturated/α-hetero) is 1. The second-order valence-corrected chi connectivity index (χ2v) is 7.99. The van der Waals surface area contributed by atoms with Gasteiger partial charge in [-0.15, -0.1) is 0 Å². The van der Waals surface area contributed by atoms with Gasteiger partial charge in [-0.2, -0.15) is 0 Å². The first-order chi connectivity index (χ1) is 14.4. The van der Waals surface area contributed by atoms with Crippen LogP contribution >= 0.6 is 11.6 Å². The number of phenolic OH excluding ortho intramolecular Hbond substituents is 1. The van der Waals surface area contributed by atoms with Gasteiger partial charge in [0.05, 0.1) is 23.7 Å². The van der Waals surface area contributed by atoms with Crippen LogP contribution in [0.4, 0.5) is 0 Å². The third-order valence-electron chi connectivity index (χ3n) is 5.84. The molecule has 2 aromatic carbocycles. The number of rotatable bonds is 4. The van der Waals surface area contributed by atoms with E-state index in [-0.39, 0.29) is 33.7 Å². The number of hydrogen-bond acceptors (Lipinski definition) is 5. The predicted molar refractivity (Wildman–Crippen MR) is 113 cm³/mol. The molecule has 0 radical (unpaired) electrons. The van der Waals surface area contributed by atoms with Crippen LogP contribution in [-0.2, 0) is 9.59 Å². The van der Waals surface area contributed by atoms with Crippen molar-refractivity contribution in [2.24, 2.45) is 0 Å². The molecule has 1 heterocycles. The number of aliphatic hydroxyl groups is 1. The monoisotopic (exact) mass is 427 g/mol. The van der Waals surface area contributed by atoms with Crippen LogP contribution in [0.25, 0.3) is 5.76 Å². The Bertz CT molecular complexity index is 1020. The van der Waals surface area contributed by atoms with Crippen molar-refractivity contribution in [2.75, 3.05) is 7.11 Å². The summed E-state index contributed by atoms with van der Waals surface area (Å²) >= 11 is 6.30. The maximum Gasteiger partial charge on any atom is 0.295 e. The van der Waals surface area contributed by atoms with E-state index in [1.54, 1.807) is 29.2 Å². The van der Waals surface area contributed by atoms with Gasteiger partial charge in [0.2, 0.25) is 0 Å². The van der Waals surface area contributed by atoms with Gasteiger partial charge < -0.3 is 19.8 Å². The van der Waals surface area contributed by atoms with E-state index in [1.165, 1.54) is 25.3 Å². The molecule has 7 heteroatoms.